The lowest BCUT2D eigenvalue weighted by molar-refractivity contribution is 0.671. The van der Waals surface area contributed by atoms with Crippen LogP contribution in [0.2, 0.25) is 0 Å². The van der Waals surface area contributed by atoms with E-state index in [4.69, 9.17) is 8.83 Å². The summed E-state index contributed by atoms with van der Waals surface area (Å²) in [6, 6.07) is 59.3. The molecule has 12 rings (SSSR count). The number of aromatic nitrogens is 2. The fraction of sp³-hybridized carbons (Fsp3) is 0. The van der Waals surface area contributed by atoms with Gasteiger partial charge in [0.05, 0.1) is 38.7 Å². The van der Waals surface area contributed by atoms with E-state index in [0.717, 1.165) is 105 Å². The smallest absolute Gasteiger partial charge is 0.160 e. The summed E-state index contributed by atoms with van der Waals surface area (Å²) in [5, 5.41) is 19.4. The van der Waals surface area contributed by atoms with Crippen LogP contribution in [-0.4, -0.2) is 9.13 Å². The lowest BCUT2D eigenvalue weighted by atomic mass is 9.99. The lowest BCUT2D eigenvalue weighted by Gasteiger charge is -2.16. The fourth-order valence-electron chi connectivity index (χ4n) is 8.87. The van der Waals surface area contributed by atoms with Gasteiger partial charge < -0.3 is 18.0 Å². The standard InChI is InChI=1S/C49H27N3O2/c50-28-30-10-9-15-32(46(30)52-41-17-6-2-14-39(41)45-42(52)27-26-37-34-12-3-7-18-43(34)53-48(37)45)29-20-22-31(23-21-29)51-40-16-5-1-11-33(40)36-24-25-38-35-13-4-8-19-44(35)54-49(38)47(36)51/h1-27H. The van der Waals surface area contributed by atoms with Gasteiger partial charge in [0.15, 0.2) is 5.58 Å². The Labute approximate surface area is 307 Å². The first kappa shape index (κ1) is 29.1. The van der Waals surface area contributed by atoms with Crippen LogP contribution >= 0.6 is 0 Å². The van der Waals surface area contributed by atoms with Crippen molar-refractivity contribution >= 4 is 87.5 Å². The minimum absolute atomic E-state index is 0.596. The van der Waals surface area contributed by atoms with Crippen LogP contribution in [0, 0.1) is 11.3 Å². The predicted octanol–water partition coefficient (Wildman–Crippen LogP) is 13.2. The third kappa shape index (κ3) is 3.81. The number of fused-ring (bicyclic) bond motifs is 14. The zero-order valence-electron chi connectivity index (χ0n) is 28.7. The Morgan fingerprint density at radius 1 is 0.426 bits per heavy atom. The molecule has 12 aromatic rings. The van der Waals surface area contributed by atoms with E-state index in [1.54, 1.807) is 0 Å². The van der Waals surface area contributed by atoms with Crippen LogP contribution in [0.25, 0.3) is 110 Å². The molecule has 0 saturated heterocycles. The van der Waals surface area contributed by atoms with Crippen LogP contribution < -0.4 is 0 Å². The minimum Gasteiger partial charge on any atom is -0.455 e. The predicted molar refractivity (Wildman–Crippen MR) is 220 cm³/mol. The molecule has 0 amide bonds. The van der Waals surface area contributed by atoms with Crippen molar-refractivity contribution < 1.29 is 8.83 Å². The van der Waals surface area contributed by atoms with Gasteiger partial charge in [0.2, 0.25) is 0 Å². The first-order chi connectivity index (χ1) is 26.8. The molecule has 0 fully saturated rings. The van der Waals surface area contributed by atoms with Crippen molar-refractivity contribution in [1.29, 1.82) is 5.26 Å². The highest BCUT2D eigenvalue weighted by Gasteiger charge is 2.23. The number of hydrogen-bond donors (Lipinski definition) is 0. The van der Waals surface area contributed by atoms with Gasteiger partial charge in [-0.05, 0) is 66.2 Å². The zero-order chi connectivity index (χ0) is 35.5. The molecule has 0 unspecified atom stereocenters. The van der Waals surface area contributed by atoms with E-state index in [0.29, 0.717) is 5.56 Å². The van der Waals surface area contributed by atoms with E-state index in [1.165, 1.54) is 5.39 Å². The minimum atomic E-state index is 0.596. The third-order valence-electron chi connectivity index (χ3n) is 11.2. The van der Waals surface area contributed by atoms with Crippen LogP contribution in [0.5, 0.6) is 0 Å². The molecule has 54 heavy (non-hydrogen) atoms. The number of nitriles is 1. The summed E-state index contributed by atoms with van der Waals surface area (Å²) in [5.41, 5.74) is 12.1. The molecule has 0 radical (unpaired) electrons. The second-order valence-corrected chi connectivity index (χ2v) is 13.9. The first-order valence-electron chi connectivity index (χ1n) is 18.1. The van der Waals surface area contributed by atoms with Gasteiger partial charge in [0.25, 0.3) is 0 Å². The van der Waals surface area contributed by atoms with Crippen molar-refractivity contribution in [3.8, 4) is 28.6 Å². The molecule has 5 heteroatoms. The highest BCUT2D eigenvalue weighted by atomic mass is 16.3. The SMILES string of the molecule is N#Cc1cccc(-c2ccc(-n3c4ccccc4c4ccc5c6ccccc6oc5c43)cc2)c1-n1c2ccccc2c2c3oc4ccccc4c3ccc21. The van der Waals surface area contributed by atoms with Crippen molar-refractivity contribution in [2.75, 3.05) is 0 Å². The van der Waals surface area contributed by atoms with Crippen molar-refractivity contribution in [3.63, 3.8) is 0 Å². The van der Waals surface area contributed by atoms with Gasteiger partial charge in [0, 0.05) is 49.0 Å². The first-order valence-corrected chi connectivity index (χ1v) is 18.1. The molecule has 0 atom stereocenters. The van der Waals surface area contributed by atoms with Crippen molar-refractivity contribution in [2.24, 2.45) is 0 Å². The van der Waals surface area contributed by atoms with E-state index >= 15 is 0 Å². The molecule has 0 saturated carbocycles. The van der Waals surface area contributed by atoms with E-state index in [2.05, 4.69) is 137 Å². The summed E-state index contributed by atoms with van der Waals surface area (Å²) in [6.07, 6.45) is 0. The third-order valence-corrected chi connectivity index (χ3v) is 11.2. The molecule has 4 aromatic heterocycles. The van der Waals surface area contributed by atoms with E-state index in [1.807, 2.05) is 42.5 Å². The molecular weight excluding hydrogens is 663 g/mol. The molecular formula is C49H27N3O2. The topological polar surface area (TPSA) is 59.9 Å². The molecule has 0 aliphatic rings. The van der Waals surface area contributed by atoms with Crippen LogP contribution in [-0.2, 0) is 0 Å². The maximum absolute atomic E-state index is 10.6. The van der Waals surface area contributed by atoms with E-state index in [9.17, 15) is 5.26 Å². The maximum Gasteiger partial charge on any atom is 0.160 e. The van der Waals surface area contributed by atoms with Gasteiger partial charge >= 0.3 is 0 Å². The molecule has 0 spiro atoms. The lowest BCUT2D eigenvalue weighted by Crippen LogP contribution is -2.01. The Morgan fingerprint density at radius 2 is 1.02 bits per heavy atom. The molecule has 0 bridgehead atoms. The van der Waals surface area contributed by atoms with Crippen molar-refractivity contribution in [2.45, 2.75) is 0 Å². The molecule has 4 heterocycles. The van der Waals surface area contributed by atoms with Gasteiger partial charge in [-0.2, -0.15) is 5.26 Å². The summed E-state index contributed by atoms with van der Waals surface area (Å²) in [7, 11) is 0. The number of rotatable bonds is 3. The zero-order valence-corrected chi connectivity index (χ0v) is 28.7. The maximum atomic E-state index is 10.6. The Balaban J connectivity index is 1.10. The highest BCUT2D eigenvalue weighted by Crippen LogP contribution is 2.44. The Morgan fingerprint density at radius 3 is 1.76 bits per heavy atom. The van der Waals surface area contributed by atoms with Crippen molar-refractivity contribution in [1.82, 2.24) is 9.13 Å². The molecule has 0 aliphatic heterocycles. The summed E-state index contributed by atoms with van der Waals surface area (Å²) < 4.78 is 17.7. The second-order valence-electron chi connectivity index (χ2n) is 13.9. The van der Waals surface area contributed by atoms with Gasteiger partial charge in [-0.1, -0.05) is 103 Å². The van der Waals surface area contributed by atoms with Crippen LogP contribution in [0.15, 0.2) is 173 Å². The second kappa shape index (κ2) is 10.7. The largest absolute Gasteiger partial charge is 0.455 e. The van der Waals surface area contributed by atoms with Crippen LogP contribution in [0.1, 0.15) is 5.56 Å². The highest BCUT2D eigenvalue weighted by molar-refractivity contribution is 6.24. The average Bonchev–Trinajstić information content (AvgIpc) is 3.98. The summed E-state index contributed by atoms with van der Waals surface area (Å²) in [6.45, 7) is 0. The number of nitrogens with zero attached hydrogens (tertiary/aromatic N) is 3. The van der Waals surface area contributed by atoms with Crippen molar-refractivity contribution in [3.05, 3.63) is 169 Å². The summed E-state index contributed by atoms with van der Waals surface area (Å²) >= 11 is 0. The molecule has 5 nitrogen and oxygen atoms in total. The number of para-hydroxylation sites is 5. The molecule has 250 valence electrons. The molecule has 0 aliphatic carbocycles. The summed E-state index contributed by atoms with van der Waals surface area (Å²) in [4.78, 5) is 0. The monoisotopic (exact) mass is 689 g/mol. The molecule has 8 aromatic carbocycles. The Hall–Kier alpha value is -7.55. The van der Waals surface area contributed by atoms with Gasteiger partial charge in [-0.3, -0.25) is 0 Å². The van der Waals surface area contributed by atoms with Crippen LogP contribution in [0.4, 0.5) is 0 Å². The average molecular weight is 690 g/mol. The quantitative estimate of drug-likeness (QED) is 0.185. The van der Waals surface area contributed by atoms with E-state index in [-0.39, 0.29) is 0 Å². The normalized spacial score (nSPS) is 12.1. The van der Waals surface area contributed by atoms with Gasteiger partial charge in [-0.15, -0.1) is 0 Å². The number of benzene rings is 8. The summed E-state index contributed by atoms with van der Waals surface area (Å²) in [5.74, 6) is 0. The van der Waals surface area contributed by atoms with Crippen LogP contribution in [0.3, 0.4) is 0 Å². The van der Waals surface area contributed by atoms with Gasteiger partial charge in [-0.25, -0.2) is 0 Å². The van der Waals surface area contributed by atoms with Gasteiger partial charge in [0.1, 0.15) is 22.8 Å². The molecule has 0 N–H and O–H groups in total. The Kier molecular flexibility index (Phi) is 5.78. The number of furan rings is 2. The number of hydrogen-bond acceptors (Lipinski definition) is 3. The van der Waals surface area contributed by atoms with E-state index < -0.39 is 0 Å². The fourth-order valence-corrected chi connectivity index (χ4v) is 8.87. The Bertz CT molecular complexity index is 3570.